The zero-order valence-corrected chi connectivity index (χ0v) is 9.21. The highest BCUT2D eigenvalue weighted by Crippen LogP contribution is 2.22. The van der Waals surface area contributed by atoms with Crippen LogP contribution < -0.4 is 5.69 Å². The second-order valence-electron chi connectivity index (χ2n) is 3.33. The van der Waals surface area contributed by atoms with Gasteiger partial charge in [-0.3, -0.25) is 0 Å². The van der Waals surface area contributed by atoms with E-state index in [0.29, 0.717) is 10.6 Å². The van der Waals surface area contributed by atoms with Gasteiger partial charge in [0, 0.05) is 10.6 Å². The number of alkyl halides is 2. The van der Waals surface area contributed by atoms with Gasteiger partial charge >= 0.3 is 5.69 Å². The van der Waals surface area contributed by atoms with E-state index in [1.54, 1.807) is 24.3 Å². The van der Waals surface area contributed by atoms with Gasteiger partial charge in [0.15, 0.2) is 0 Å². The minimum Gasteiger partial charge on any atom is -0.304 e. The van der Waals surface area contributed by atoms with Crippen LogP contribution in [0.5, 0.6) is 0 Å². The van der Waals surface area contributed by atoms with Crippen LogP contribution in [-0.4, -0.2) is 9.97 Å². The maximum Gasteiger partial charge on any atom is 0.345 e. The molecule has 1 aromatic carbocycles. The summed E-state index contributed by atoms with van der Waals surface area (Å²) in [6.07, 6.45) is -2.74. The summed E-state index contributed by atoms with van der Waals surface area (Å²) in [6, 6.07) is 7.57. The van der Waals surface area contributed by atoms with Gasteiger partial charge in [0.05, 0.1) is 11.4 Å². The fourth-order valence-corrected chi connectivity index (χ4v) is 1.49. The molecular weight excluding hydrogens is 250 g/mol. The van der Waals surface area contributed by atoms with E-state index in [4.69, 9.17) is 11.6 Å². The number of aromatic amines is 1. The molecule has 2 aromatic rings. The third kappa shape index (κ3) is 2.68. The van der Waals surface area contributed by atoms with Crippen LogP contribution >= 0.6 is 11.6 Å². The molecule has 88 valence electrons. The van der Waals surface area contributed by atoms with Crippen molar-refractivity contribution in [2.24, 2.45) is 0 Å². The van der Waals surface area contributed by atoms with Crippen molar-refractivity contribution in [3.05, 3.63) is 51.5 Å². The second kappa shape index (κ2) is 4.63. The van der Waals surface area contributed by atoms with Crippen LogP contribution in [0.2, 0.25) is 5.02 Å². The fourth-order valence-electron chi connectivity index (χ4n) is 1.36. The number of hydrogen-bond acceptors (Lipinski definition) is 2. The molecule has 0 spiro atoms. The Morgan fingerprint density at radius 1 is 1.24 bits per heavy atom. The van der Waals surface area contributed by atoms with Gasteiger partial charge in [-0.25, -0.2) is 13.6 Å². The first kappa shape index (κ1) is 11.7. The molecule has 0 amide bonds. The van der Waals surface area contributed by atoms with E-state index in [1.807, 2.05) is 4.98 Å². The Hall–Kier alpha value is -1.75. The van der Waals surface area contributed by atoms with E-state index in [9.17, 15) is 13.6 Å². The molecule has 0 unspecified atom stereocenters. The largest absolute Gasteiger partial charge is 0.345 e. The van der Waals surface area contributed by atoms with Crippen LogP contribution in [0, 0.1) is 0 Å². The van der Waals surface area contributed by atoms with Gasteiger partial charge in [0.2, 0.25) is 0 Å². The van der Waals surface area contributed by atoms with Crippen molar-refractivity contribution >= 4 is 11.6 Å². The lowest BCUT2D eigenvalue weighted by Crippen LogP contribution is -2.13. The van der Waals surface area contributed by atoms with Crippen LogP contribution in [0.4, 0.5) is 8.78 Å². The second-order valence-corrected chi connectivity index (χ2v) is 3.77. The van der Waals surface area contributed by atoms with Gasteiger partial charge in [-0.15, -0.1) is 0 Å². The summed E-state index contributed by atoms with van der Waals surface area (Å²) < 4.78 is 25.0. The van der Waals surface area contributed by atoms with E-state index in [1.165, 1.54) is 0 Å². The molecule has 0 atom stereocenters. The Morgan fingerprint density at radius 3 is 2.47 bits per heavy atom. The van der Waals surface area contributed by atoms with E-state index in [-0.39, 0.29) is 5.69 Å². The summed E-state index contributed by atoms with van der Waals surface area (Å²) in [4.78, 5) is 16.7. The predicted octanol–water partition coefficient (Wildman–Crippen LogP) is 3.03. The molecule has 0 radical (unpaired) electrons. The van der Waals surface area contributed by atoms with E-state index in [2.05, 4.69) is 4.98 Å². The molecule has 2 rings (SSSR count). The first-order valence-corrected chi connectivity index (χ1v) is 5.09. The molecule has 1 aromatic heterocycles. The summed E-state index contributed by atoms with van der Waals surface area (Å²) in [5.74, 6) is 0. The standard InChI is InChI=1S/C11H7ClF2N2O/c12-7-3-1-6(2-4-7)8-5-9(10(13)14)16-11(17)15-8/h1-5,10H,(H,15,16,17). The van der Waals surface area contributed by atoms with Crippen LogP contribution in [0.3, 0.4) is 0 Å². The first-order chi connectivity index (χ1) is 8.06. The quantitative estimate of drug-likeness (QED) is 0.898. The summed E-state index contributed by atoms with van der Waals surface area (Å²) in [6.45, 7) is 0. The number of H-pyrrole nitrogens is 1. The molecular formula is C11H7ClF2N2O. The minimum atomic E-state index is -2.74. The molecule has 17 heavy (non-hydrogen) atoms. The Labute approximate surface area is 100 Å². The molecule has 0 saturated carbocycles. The number of nitrogens with zero attached hydrogens (tertiary/aromatic N) is 1. The number of halogens is 3. The highest BCUT2D eigenvalue weighted by atomic mass is 35.5. The number of rotatable bonds is 2. The average molecular weight is 257 g/mol. The van der Waals surface area contributed by atoms with Gasteiger partial charge in [-0.2, -0.15) is 4.98 Å². The van der Waals surface area contributed by atoms with Gasteiger partial charge < -0.3 is 4.98 Å². The summed E-state index contributed by atoms with van der Waals surface area (Å²) in [5.41, 5.74) is -0.495. The first-order valence-electron chi connectivity index (χ1n) is 4.71. The third-order valence-electron chi connectivity index (χ3n) is 2.14. The average Bonchev–Trinajstić information content (AvgIpc) is 2.29. The lowest BCUT2D eigenvalue weighted by Gasteiger charge is -2.03. The maximum absolute atomic E-state index is 12.5. The van der Waals surface area contributed by atoms with Crippen molar-refractivity contribution in [3.63, 3.8) is 0 Å². The molecule has 0 fully saturated rings. The topological polar surface area (TPSA) is 45.8 Å². The molecule has 0 aliphatic carbocycles. The van der Waals surface area contributed by atoms with E-state index >= 15 is 0 Å². The van der Waals surface area contributed by atoms with Crippen molar-refractivity contribution in [2.75, 3.05) is 0 Å². The zero-order chi connectivity index (χ0) is 12.4. The Kier molecular flexibility index (Phi) is 3.19. The minimum absolute atomic E-state index is 0.195. The van der Waals surface area contributed by atoms with Gasteiger partial charge in [0.25, 0.3) is 6.43 Å². The molecule has 6 heteroatoms. The summed E-state index contributed by atoms with van der Waals surface area (Å²) in [7, 11) is 0. The van der Waals surface area contributed by atoms with Crippen molar-refractivity contribution < 1.29 is 8.78 Å². The molecule has 0 aliphatic heterocycles. The van der Waals surface area contributed by atoms with E-state index in [0.717, 1.165) is 6.07 Å². The lowest BCUT2D eigenvalue weighted by molar-refractivity contribution is 0.145. The van der Waals surface area contributed by atoms with Gasteiger partial charge in [0.1, 0.15) is 0 Å². The van der Waals surface area contributed by atoms with Crippen LogP contribution in [0.1, 0.15) is 12.1 Å². The Balaban J connectivity index is 2.52. The lowest BCUT2D eigenvalue weighted by atomic mass is 10.1. The Morgan fingerprint density at radius 2 is 1.88 bits per heavy atom. The molecule has 1 N–H and O–H groups in total. The van der Waals surface area contributed by atoms with Crippen LogP contribution in [0.15, 0.2) is 35.1 Å². The van der Waals surface area contributed by atoms with Gasteiger partial charge in [-0.1, -0.05) is 23.7 Å². The summed E-state index contributed by atoms with van der Waals surface area (Å²) in [5, 5.41) is 0.521. The smallest absolute Gasteiger partial charge is 0.304 e. The third-order valence-corrected chi connectivity index (χ3v) is 2.39. The molecule has 3 nitrogen and oxygen atoms in total. The number of nitrogens with one attached hydrogen (secondary N) is 1. The van der Waals surface area contributed by atoms with Crippen molar-refractivity contribution in [2.45, 2.75) is 6.43 Å². The molecule has 1 heterocycles. The fraction of sp³-hybridized carbons (Fsp3) is 0.0909. The van der Waals surface area contributed by atoms with Crippen molar-refractivity contribution in [1.82, 2.24) is 9.97 Å². The normalized spacial score (nSPS) is 10.8. The molecule has 0 saturated heterocycles. The number of aromatic nitrogens is 2. The van der Waals surface area contributed by atoms with E-state index < -0.39 is 17.8 Å². The van der Waals surface area contributed by atoms with Crippen molar-refractivity contribution in [3.8, 4) is 11.3 Å². The van der Waals surface area contributed by atoms with Gasteiger partial charge in [-0.05, 0) is 18.2 Å². The number of hydrogen-bond donors (Lipinski definition) is 1. The molecule has 0 bridgehead atoms. The predicted molar refractivity (Wildman–Crippen MR) is 60.3 cm³/mol. The maximum atomic E-state index is 12.5. The Bertz CT molecular complexity index is 581. The zero-order valence-electron chi connectivity index (χ0n) is 8.45. The van der Waals surface area contributed by atoms with Crippen LogP contribution in [0.25, 0.3) is 11.3 Å². The van der Waals surface area contributed by atoms with Crippen molar-refractivity contribution in [1.29, 1.82) is 0 Å². The monoisotopic (exact) mass is 256 g/mol. The highest BCUT2D eigenvalue weighted by molar-refractivity contribution is 6.30. The number of benzene rings is 1. The highest BCUT2D eigenvalue weighted by Gasteiger charge is 2.11. The summed E-state index contributed by atoms with van der Waals surface area (Å²) >= 11 is 5.70. The molecule has 0 aliphatic rings. The SMILES string of the molecule is O=c1nc(-c2ccc(Cl)cc2)cc(C(F)F)[nH]1. The van der Waals surface area contributed by atoms with Crippen LogP contribution in [-0.2, 0) is 0 Å².